The van der Waals surface area contributed by atoms with Crippen molar-refractivity contribution >= 4 is 17.6 Å². The number of nitrogens with one attached hydrogen (secondary N) is 3. The molecule has 2 atom stereocenters. The number of guanidine groups is 1. The van der Waals surface area contributed by atoms with Gasteiger partial charge in [-0.05, 0) is 49.4 Å². The molecule has 0 aliphatic carbocycles. The summed E-state index contributed by atoms with van der Waals surface area (Å²) < 4.78 is 6.13. The second-order valence-corrected chi connectivity index (χ2v) is 8.11. The van der Waals surface area contributed by atoms with E-state index >= 15 is 0 Å². The molecule has 3 N–H and O–H groups in total. The lowest BCUT2D eigenvalue weighted by Gasteiger charge is -2.32. The van der Waals surface area contributed by atoms with Crippen LogP contribution in [0.4, 0.5) is 5.69 Å². The van der Waals surface area contributed by atoms with E-state index in [4.69, 9.17) is 4.74 Å². The summed E-state index contributed by atoms with van der Waals surface area (Å²) in [7, 11) is 1.80. The number of aliphatic imine (C=N–C) groups is 1. The maximum Gasteiger partial charge on any atom is 0.221 e. The molecule has 2 aromatic carbocycles. The summed E-state index contributed by atoms with van der Waals surface area (Å²) in [6, 6.07) is 16.6. The first-order valence-corrected chi connectivity index (χ1v) is 11.0. The lowest BCUT2D eigenvalue weighted by molar-refractivity contribution is -0.114. The Morgan fingerprint density at radius 1 is 1.10 bits per heavy atom. The van der Waals surface area contributed by atoms with Gasteiger partial charge in [0, 0.05) is 45.3 Å². The van der Waals surface area contributed by atoms with Crippen LogP contribution in [0.15, 0.2) is 53.5 Å². The number of carbonyl (C=O) groups is 1. The van der Waals surface area contributed by atoms with Crippen molar-refractivity contribution in [1.29, 1.82) is 0 Å². The summed E-state index contributed by atoms with van der Waals surface area (Å²) in [5.41, 5.74) is 4.54. The van der Waals surface area contributed by atoms with E-state index < -0.39 is 0 Å². The summed E-state index contributed by atoms with van der Waals surface area (Å²) in [5, 5.41) is 9.66. The molecule has 0 aromatic heterocycles. The fourth-order valence-corrected chi connectivity index (χ4v) is 3.91. The highest BCUT2D eigenvalue weighted by Crippen LogP contribution is 2.33. The average Bonchev–Trinajstić information content (AvgIpc) is 2.78. The van der Waals surface area contributed by atoms with Gasteiger partial charge < -0.3 is 20.7 Å². The number of benzene rings is 2. The Balaban J connectivity index is 1.47. The first-order valence-electron chi connectivity index (χ1n) is 11.0. The topological polar surface area (TPSA) is 74.8 Å². The fraction of sp³-hybridized carbons (Fsp3) is 0.440. The average molecular weight is 423 g/mol. The minimum absolute atomic E-state index is 0.0581. The summed E-state index contributed by atoms with van der Waals surface area (Å²) in [6.07, 6.45) is 3.24. The van der Waals surface area contributed by atoms with Crippen molar-refractivity contribution in [1.82, 2.24) is 10.6 Å². The second-order valence-electron chi connectivity index (χ2n) is 8.11. The van der Waals surface area contributed by atoms with Gasteiger partial charge in [-0.1, -0.05) is 42.0 Å². The van der Waals surface area contributed by atoms with E-state index in [2.05, 4.69) is 52.1 Å². The lowest BCUT2D eigenvalue weighted by atomic mass is 9.89. The largest absolute Gasteiger partial charge is 0.373 e. The van der Waals surface area contributed by atoms with Gasteiger partial charge in [-0.25, -0.2) is 0 Å². The Bertz CT molecular complexity index is 862. The molecule has 0 radical (unpaired) electrons. The van der Waals surface area contributed by atoms with E-state index in [1.807, 2.05) is 24.3 Å². The smallest absolute Gasteiger partial charge is 0.221 e. The van der Waals surface area contributed by atoms with Crippen LogP contribution >= 0.6 is 0 Å². The minimum Gasteiger partial charge on any atom is -0.373 e. The van der Waals surface area contributed by atoms with Gasteiger partial charge in [0.15, 0.2) is 5.96 Å². The number of hydrogen-bond acceptors (Lipinski definition) is 3. The van der Waals surface area contributed by atoms with Crippen LogP contribution < -0.4 is 16.0 Å². The van der Waals surface area contributed by atoms with Crippen LogP contribution in [0.25, 0.3) is 0 Å². The Labute approximate surface area is 185 Å². The number of carbonyl (C=O) groups excluding carboxylic acids is 1. The molecule has 31 heavy (non-hydrogen) atoms. The first-order chi connectivity index (χ1) is 15.0. The van der Waals surface area contributed by atoms with Crippen LogP contribution in [0.1, 0.15) is 42.6 Å². The van der Waals surface area contributed by atoms with Gasteiger partial charge in [0.25, 0.3) is 0 Å². The molecule has 2 unspecified atom stereocenters. The maximum absolute atomic E-state index is 11.1. The Morgan fingerprint density at radius 2 is 1.84 bits per heavy atom. The monoisotopic (exact) mass is 422 g/mol. The third-order valence-electron chi connectivity index (χ3n) is 5.59. The van der Waals surface area contributed by atoms with Crippen molar-refractivity contribution < 1.29 is 9.53 Å². The molecule has 1 saturated heterocycles. The lowest BCUT2D eigenvalue weighted by Crippen LogP contribution is -2.42. The number of ether oxygens (including phenoxy) is 1. The van der Waals surface area contributed by atoms with Gasteiger partial charge in [0.05, 0.1) is 6.10 Å². The molecule has 2 aromatic rings. The van der Waals surface area contributed by atoms with Crippen molar-refractivity contribution in [3.8, 4) is 0 Å². The molecular formula is C25H34N4O2. The predicted molar refractivity (Wildman–Crippen MR) is 126 cm³/mol. The Morgan fingerprint density at radius 3 is 2.52 bits per heavy atom. The third kappa shape index (κ3) is 7.10. The summed E-state index contributed by atoms with van der Waals surface area (Å²) >= 11 is 0. The Kier molecular flexibility index (Phi) is 8.47. The molecule has 0 bridgehead atoms. The molecule has 1 aliphatic rings. The predicted octanol–water partition coefficient (Wildman–Crippen LogP) is 3.83. The summed E-state index contributed by atoms with van der Waals surface area (Å²) in [6.45, 7) is 6.05. The van der Waals surface area contributed by atoms with Crippen LogP contribution in [0.3, 0.4) is 0 Å². The number of amides is 1. The van der Waals surface area contributed by atoms with Gasteiger partial charge in [-0.15, -0.1) is 0 Å². The third-order valence-corrected chi connectivity index (χ3v) is 5.59. The Hall–Kier alpha value is -2.86. The van der Waals surface area contributed by atoms with Crippen LogP contribution in [0.2, 0.25) is 0 Å². The highest BCUT2D eigenvalue weighted by molar-refractivity contribution is 5.88. The van der Waals surface area contributed by atoms with Crippen molar-refractivity contribution in [3.05, 3.63) is 65.2 Å². The second kappa shape index (κ2) is 11.5. The van der Waals surface area contributed by atoms with Crippen LogP contribution in [-0.2, 0) is 16.0 Å². The summed E-state index contributed by atoms with van der Waals surface area (Å²) in [5.74, 6) is 1.16. The van der Waals surface area contributed by atoms with Gasteiger partial charge in [0.2, 0.25) is 5.91 Å². The van der Waals surface area contributed by atoms with Crippen molar-refractivity contribution in [2.75, 3.05) is 32.1 Å². The van der Waals surface area contributed by atoms with Crippen molar-refractivity contribution in [2.24, 2.45) is 10.9 Å². The van der Waals surface area contributed by atoms with Gasteiger partial charge >= 0.3 is 0 Å². The zero-order chi connectivity index (χ0) is 22.1. The molecule has 0 spiro atoms. The first kappa shape index (κ1) is 22.8. The van der Waals surface area contributed by atoms with E-state index in [0.29, 0.717) is 5.92 Å². The van der Waals surface area contributed by atoms with E-state index in [0.717, 1.165) is 50.6 Å². The van der Waals surface area contributed by atoms with Crippen molar-refractivity contribution in [2.45, 2.75) is 39.2 Å². The number of hydrogen-bond donors (Lipinski definition) is 3. The quantitative estimate of drug-likeness (QED) is 0.468. The van der Waals surface area contributed by atoms with Gasteiger partial charge in [-0.2, -0.15) is 0 Å². The zero-order valence-electron chi connectivity index (χ0n) is 18.8. The van der Waals surface area contributed by atoms with E-state index in [1.54, 1.807) is 7.05 Å². The maximum atomic E-state index is 11.1. The molecule has 1 amide bonds. The molecule has 0 saturated carbocycles. The van der Waals surface area contributed by atoms with E-state index in [-0.39, 0.29) is 12.0 Å². The SMILES string of the molecule is CN=C(NCCc1ccc(NC(C)=O)cc1)NCC1CCCOC1c1ccc(C)cc1. The van der Waals surface area contributed by atoms with Crippen LogP contribution in [-0.4, -0.2) is 38.6 Å². The summed E-state index contributed by atoms with van der Waals surface area (Å²) in [4.78, 5) is 15.5. The normalized spacial score (nSPS) is 19.0. The van der Waals surface area contributed by atoms with E-state index in [1.165, 1.54) is 23.6 Å². The molecule has 6 nitrogen and oxygen atoms in total. The standard InChI is InChI=1S/C25H34N4O2/c1-18-6-10-21(11-7-18)24-22(5-4-16-31-24)17-28-25(26-3)27-15-14-20-8-12-23(13-9-20)29-19(2)30/h6-13,22,24H,4-5,14-17H2,1-3H3,(H,29,30)(H2,26,27,28). The van der Waals surface area contributed by atoms with Gasteiger partial charge in [0.1, 0.15) is 0 Å². The van der Waals surface area contributed by atoms with E-state index in [9.17, 15) is 4.79 Å². The molecular weight excluding hydrogens is 388 g/mol. The van der Waals surface area contributed by atoms with Crippen molar-refractivity contribution in [3.63, 3.8) is 0 Å². The molecule has 3 rings (SSSR count). The number of nitrogens with zero attached hydrogens (tertiary/aromatic N) is 1. The zero-order valence-corrected chi connectivity index (χ0v) is 18.8. The molecule has 6 heteroatoms. The number of aryl methyl sites for hydroxylation is 1. The highest BCUT2D eigenvalue weighted by Gasteiger charge is 2.27. The molecule has 1 fully saturated rings. The van der Waals surface area contributed by atoms with Crippen LogP contribution in [0, 0.1) is 12.8 Å². The molecule has 1 aliphatic heterocycles. The number of rotatable bonds is 7. The molecule has 166 valence electrons. The fourth-order valence-electron chi connectivity index (χ4n) is 3.91. The minimum atomic E-state index is -0.0581. The number of anilines is 1. The molecule has 1 heterocycles. The van der Waals surface area contributed by atoms with Crippen LogP contribution in [0.5, 0.6) is 0 Å². The highest BCUT2D eigenvalue weighted by atomic mass is 16.5. The van der Waals surface area contributed by atoms with Gasteiger partial charge in [-0.3, -0.25) is 9.79 Å².